The molecule has 1 fully saturated rings. The van der Waals surface area contributed by atoms with Crippen molar-refractivity contribution in [2.75, 3.05) is 6.54 Å². The summed E-state index contributed by atoms with van der Waals surface area (Å²) in [7, 11) is 0. The molecule has 0 saturated carbocycles. The molecular weight excluding hydrogens is 449 g/mol. The first-order valence-corrected chi connectivity index (χ1v) is 11.2. The third-order valence-electron chi connectivity index (χ3n) is 6.62. The van der Waals surface area contributed by atoms with Crippen molar-refractivity contribution in [3.05, 3.63) is 94.8 Å². The summed E-state index contributed by atoms with van der Waals surface area (Å²) in [5.41, 5.74) is 2.08. The fourth-order valence-electron chi connectivity index (χ4n) is 4.56. The molecule has 1 saturated heterocycles. The minimum Gasteiger partial charge on any atom is -0.458 e. The maximum atomic E-state index is 13.3. The van der Waals surface area contributed by atoms with Crippen LogP contribution in [0.25, 0.3) is 11.0 Å². The van der Waals surface area contributed by atoms with Crippen molar-refractivity contribution >= 4 is 28.7 Å². The Hall–Kier alpha value is -4.20. The molecule has 0 spiro atoms. The van der Waals surface area contributed by atoms with Crippen LogP contribution in [0.4, 0.5) is 9.18 Å². The van der Waals surface area contributed by atoms with Crippen LogP contribution in [0.3, 0.4) is 0 Å². The maximum absolute atomic E-state index is 13.3. The molecule has 1 atom stereocenters. The van der Waals surface area contributed by atoms with Crippen molar-refractivity contribution in [1.29, 1.82) is 0 Å². The molecule has 7 nitrogen and oxygen atoms in total. The fourth-order valence-corrected chi connectivity index (χ4v) is 4.56. The lowest BCUT2D eigenvalue weighted by molar-refractivity contribution is -0.131. The number of aryl methyl sites for hydroxylation is 1. The molecule has 35 heavy (non-hydrogen) atoms. The van der Waals surface area contributed by atoms with E-state index in [0.717, 1.165) is 21.5 Å². The van der Waals surface area contributed by atoms with E-state index < -0.39 is 17.5 Å². The van der Waals surface area contributed by atoms with Crippen LogP contribution in [0.5, 0.6) is 0 Å². The normalized spacial score (nSPS) is 17.9. The molecule has 178 valence electrons. The Morgan fingerprint density at radius 1 is 1.06 bits per heavy atom. The van der Waals surface area contributed by atoms with Crippen molar-refractivity contribution in [2.24, 2.45) is 0 Å². The van der Waals surface area contributed by atoms with E-state index in [2.05, 4.69) is 5.32 Å². The van der Waals surface area contributed by atoms with Crippen LogP contribution in [0, 0.1) is 19.7 Å². The smallest absolute Gasteiger partial charge is 0.325 e. The Kier molecular flexibility index (Phi) is 5.31. The van der Waals surface area contributed by atoms with Gasteiger partial charge in [-0.25, -0.2) is 9.18 Å². The third-order valence-corrected chi connectivity index (χ3v) is 6.62. The second-order valence-corrected chi connectivity index (χ2v) is 9.02. The summed E-state index contributed by atoms with van der Waals surface area (Å²) in [6.07, 6.45) is 0. The number of carbonyl (C=O) groups is 3. The van der Waals surface area contributed by atoms with Crippen LogP contribution < -0.4 is 5.32 Å². The first-order chi connectivity index (χ1) is 16.7. The van der Waals surface area contributed by atoms with E-state index in [-0.39, 0.29) is 18.1 Å². The molecule has 0 radical (unpaired) electrons. The zero-order valence-corrected chi connectivity index (χ0v) is 19.6. The van der Waals surface area contributed by atoms with E-state index in [1.54, 1.807) is 37.3 Å². The highest BCUT2D eigenvalue weighted by molar-refractivity contribution is 6.11. The second kappa shape index (κ2) is 8.23. The van der Waals surface area contributed by atoms with Crippen molar-refractivity contribution in [3.8, 4) is 0 Å². The van der Waals surface area contributed by atoms with E-state index in [4.69, 9.17) is 4.42 Å². The average molecular weight is 474 g/mol. The summed E-state index contributed by atoms with van der Waals surface area (Å²) in [6.45, 7) is 5.34. The standard InChI is InChI=1S/C27H24FN3O4/c1-16-12-21(17(2)30(16)14-18-8-10-20(28)11-9-18)22(32)15-31-25(33)27(3,29-26(31)34)24-13-19-6-4-5-7-23(19)35-24/h4-13H,14-15H2,1-3H3,(H,29,34). The number of nitrogens with one attached hydrogen (secondary N) is 1. The van der Waals surface area contributed by atoms with E-state index in [9.17, 15) is 18.8 Å². The van der Waals surface area contributed by atoms with E-state index in [1.165, 1.54) is 12.1 Å². The van der Waals surface area contributed by atoms with Crippen molar-refractivity contribution in [2.45, 2.75) is 32.9 Å². The summed E-state index contributed by atoms with van der Waals surface area (Å²) in [5.74, 6) is -0.894. The first kappa shape index (κ1) is 22.6. The van der Waals surface area contributed by atoms with E-state index in [0.29, 0.717) is 29.1 Å². The molecule has 3 amide bonds. The molecule has 1 aliphatic heterocycles. The maximum Gasteiger partial charge on any atom is 0.325 e. The van der Waals surface area contributed by atoms with Gasteiger partial charge in [-0.15, -0.1) is 0 Å². The van der Waals surface area contributed by atoms with Gasteiger partial charge in [0.05, 0.1) is 6.54 Å². The molecule has 1 N–H and O–H groups in total. The Balaban J connectivity index is 1.37. The van der Waals surface area contributed by atoms with Crippen molar-refractivity contribution < 1.29 is 23.2 Å². The lowest BCUT2D eigenvalue weighted by Gasteiger charge is -2.18. The summed E-state index contributed by atoms with van der Waals surface area (Å²) < 4.78 is 21.0. The molecule has 2 aromatic heterocycles. The Labute approximate surface area is 201 Å². The number of fused-ring (bicyclic) bond motifs is 1. The predicted octanol–water partition coefficient (Wildman–Crippen LogP) is 4.69. The number of carbonyl (C=O) groups excluding carboxylic acids is 3. The number of hydrogen-bond donors (Lipinski definition) is 1. The molecule has 8 heteroatoms. The van der Waals surface area contributed by atoms with Crippen molar-refractivity contribution in [3.63, 3.8) is 0 Å². The molecule has 1 aliphatic rings. The summed E-state index contributed by atoms with van der Waals surface area (Å²) in [5, 5.41) is 3.50. The quantitative estimate of drug-likeness (QED) is 0.325. The van der Waals surface area contributed by atoms with Crippen LogP contribution in [-0.4, -0.2) is 33.7 Å². The zero-order valence-electron chi connectivity index (χ0n) is 19.6. The van der Waals surface area contributed by atoms with E-state index in [1.807, 2.05) is 36.6 Å². The number of nitrogens with zero attached hydrogens (tertiary/aromatic N) is 2. The van der Waals surface area contributed by atoms with Gasteiger partial charge >= 0.3 is 6.03 Å². The van der Waals surface area contributed by atoms with Gasteiger partial charge in [0, 0.05) is 28.9 Å². The van der Waals surface area contributed by atoms with Crippen LogP contribution in [0.15, 0.2) is 65.1 Å². The topological polar surface area (TPSA) is 84.6 Å². The molecular formula is C27H24FN3O4. The molecule has 3 heterocycles. The monoisotopic (exact) mass is 473 g/mol. The van der Waals surface area contributed by atoms with E-state index >= 15 is 0 Å². The van der Waals surface area contributed by atoms with Crippen LogP contribution >= 0.6 is 0 Å². The number of imide groups is 1. The number of para-hydroxylation sites is 1. The number of ketones is 1. The minimum atomic E-state index is -1.41. The summed E-state index contributed by atoms with van der Waals surface area (Å²) >= 11 is 0. The van der Waals surface area contributed by atoms with Crippen LogP contribution in [0.2, 0.25) is 0 Å². The summed E-state index contributed by atoms with van der Waals surface area (Å²) in [6, 6.07) is 16.3. The number of benzene rings is 2. The largest absolute Gasteiger partial charge is 0.458 e. The molecule has 0 bridgehead atoms. The highest BCUT2D eigenvalue weighted by Gasteiger charge is 2.51. The number of aromatic nitrogens is 1. The number of halogens is 1. The third kappa shape index (κ3) is 3.80. The highest BCUT2D eigenvalue weighted by Crippen LogP contribution is 2.33. The number of urea groups is 1. The molecule has 2 aromatic carbocycles. The van der Waals surface area contributed by atoms with Gasteiger partial charge in [-0.2, -0.15) is 0 Å². The first-order valence-electron chi connectivity index (χ1n) is 11.2. The Bertz CT molecular complexity index is 1450. The molecule has 0 aliphatic carbocycles. The lowest BCUT2D eigenvalue weighted by atomic mass is 9.98. The molecule has 4 aromatic rings. The number of hydrogen-bond acceptors (Lipinski definition) is 4. The second-order valence-electron chi connectivity index (χ2n) is 9.02. The zero-order chi connectivity index (χ0) is 24.9. The van der Waals surface area contributed by atoms with Gasteiger partial charge in [0.1, 0.15) is 17.2 Å². The SMILES string of the molecule is Cc1cc(C(=O)CN2C(=O)NC(C)(c3cc4ccccc4o3)C2=O)c(C)n1Cc1ccc(F)cc1. The minimum absolute atomic E-state index is 0.310. The highest BCUT2D eigenvalue weighted by atomic mass is 19.1. The average Bonchev–Trinajstić information content (AvgIpc) is 3.46. The van der Waals surface area contributed by atoms with Gasteiger partial charge < -0.3 is 14.3 Å². The molecule has 5 rings (SSSR count). The van der Waals surface area contributed by atoms with Gasteiger partial charge in [0.15, 0.2) is 11.3 Å². The number of amides is 3. The van der Waals surface area contributed by atoms with Crippen LogP contribution in [0.1, 0.15) is 40.0 Å². The van der Waals surface area contributed by atoms with Gasteiger partial charge in [-0.1, -0.05) is 30.3 Å². The Morgan fingerprint density at radius 3 is 2.49 bits per heavy atom. The Morgan fingerprint density at radius 2 is 1.77 bits per heavy atom. The van der Waals surface area contributed by atoms with Gasteiger partial charge in [0.25, 0.3) is 5.91 Å². The number of Topliss-reactive ketones (excluding diaryl/α,β-unsaturated/α-hetero) is 1. The van der Waals surface area contributed by atoms with Gasteiger partial charge in [0.2, 0.25) is 0 Å². The predicted molar refractivity (Wildman–Crippen MR) is 128 cm³/mol. The summed E-state index contributed by atoms with van der Waals surface area (Å²) in [4.78, 5) is 40.2. The van der Waals surface area contributed by atoms with Gasteiger partial charge in [-0.3, -0.25) is 14.5 Å². The number of furan rings is 1. The lowest BCUT2D eigenvalue weighted by Crippen LogP contribution is -2.41. The fraction of sp³-hybridized carbons (Fsp3) is 0.222. The molecule has 1 unspecified atom stereocenters. The van der Waals surface area contributed by atoms with Crippen LogP contribution in [-0.2, 0) is 16.9 Å². The van der Waals surface area contributed by atoms with Gasteiger partial charge in [-0.05, 0) is 56.7 Å². The number of rotatable bonds is 6. The van der Waals surface area contributed by atoms with Crippen molar-refractivity contribution in [1.82, 2.24) is 14.8 Å².